The average Bonchev–Trinajstić information content (AvgIpc) is 2.82. The SMILES string of the molecule is Cc1cc(-n2cc(CCCCN)nn2)ccc1Br. The lowest BCUT2D eigenvalue weighted by Gasteiger charge is -2.02. The molecular formula is C13H17BrN4. The number of nitrogens with zero attached hydrogens (tertiary/aromatic N) is 3. The highest BCUT2D eigenvalue weighted by Crippen LogP contribution is 2.19. The zero-order valence-electron chi connectivity index (χ0n) is 10.4. The summed E-state index contributed by atoms with van der Waals surface area (Å²) in [7, 11) is 0. The summed E-state index contributed by atoms with van der Waals surface area (Å²) in [6.45, 7) is 2.80. The van der Waals surface area contributed by atoms with Gasteiger partial charge in [0.25, 0.3) is 0 Å². The summed E-state index contributed by atoms with van der Waals surface area (Å²) < 4.78 is 2.92. The van der Waals surface area contributed by atoms with Gasteiger partial charge < -0.3 is 5.73 Å². The smallest absolute Gasteiger partial charge is 0.0831 e. The van der Waals surface area contributed by atoms with Crippen LogP contribution in [0.2, 0.25) is 0 Å². The molecule has 2 aromatic rings. The van der Waals surface area contributed by atoms with E-state index in [0.717, 1.165) is 41.7 Å². The first kappa shape index (κ1) is 13.2. The third kappa shape index (κ3) is 3.17. The lowest BCUT2D eigenvalue weighted by atomic mass is 10.2. The molecule has 0 aliphatic rings. The number of aromatic nitrogens is 3. The third-order valence-electron chi connectivity index (χ3n) is 2.83. The summed E-state index contributed by atoms with van der Waals surface area (Å²) in [6.07, 6.45) is 5.02. The van der Waals surface area contributed by atoms with Crippen molar-refractivity contribution in [1.82, 2.24) is 15.0 Å². The Kier molecular flexibility index (Phi) is 4.49. The number of rotatable bonds is 5. The number of unbranched alkanes of at least 4 members (excludes halogenated alkanes) is 1. The van der Waals surface area contributed by atoms with Crippen LogP contribution < -0.4 is 5.73 Å². The second-order valence-corrected chi connectivity index (χ2v) is 5.19. The van der Waals surface area contributed by atoms with E-state index in [9.17, 15) is 0 Å². The van der Waals surface area contributed by atoms with Gasteiger partial charge in [-0.1, -0.05) is 21.1 Å². The third-order valence-corrected chi connectivity index (χ3v) is 3.72. The molecule has 0 spiro atoms. The quantitative estimate of drug-likeness (QED) is 0.864. The molecule has 5 heteroatoms. The second-order valence-electron chi connectivity index (χ2n) is 4.33. The van der Waals surface area contributed by atoms with E-state index in [1.54, 1.807) is 0 Å². The molecular weight excluding hydrogens is 292 g/mol. The van der Waals surface area contributed by atoms with E-state index in [2.05, 4.69) is 39.2 Å². The molecule has 1 heterocycles. The van der Waals surface area contributed by atoms with Crippen LogP contribution in [-0.2, 0) is 6.42 Å². The van der Waals surface area contributed by atoms with Gasteiger partial charge in [-0.15, -0.1) is 5.10 Å². The first-order valence-corrected chi connectivity index (χ1v) is 6.88. The maximum atomic E-state index is 5.47. The Hall–Kier alpha value is -1.20. The van der Waals surface area contributed by atoms with Crippen LogP contribution >= 0.6 is 15.9 Å². The first-order chi connectivity index (χ1) is 8.70. The van der Waals surface area contributed by atoms with Gasteiger partial charge >= 0.3 is 0 Å². The molecule has 0 saturated heterocycles. The van der Waals surface area contributed by atoms with Crippen LogP contribution in [-0.4, -0.2) is 21.5 Å². The minimum absolute atomic E-state index is 0.736. The number of hydrogen-bond donors (Lipinski definition) is 1. The average molecular weight is 309 g/mol. The Balaban J connectivity index is 2.11. The van der Waals surface area contributed by atoms with Gasteiger partial charge in [-0.2, -0.15) is 0 Å². The molecule has 4 nitrogen and oxygen atoms in total. The van der Waals surface area contributed by atoms with E-state index in [4.69, 9.17) is 5.73 Å². The largest absolute Gasteiger partial charge is 0.330 e. The summed E-state index contributed by atoms with van der Waals surface area (Å²) in [4.78, 5) is 0. The Labute approximate surface area is 115 Å². The molecule has 1 aromatic carbocycles. The molecule has 0 unspecified atom stereocenters. The fourth-order valence-electron chi connectivity index (χ4n) is 1.76. The number of hydrogen-bond acceptors (Lipinski definition) is 3. The van der Waals surface area contributed by atoms with Crippen molar-refractivity contribution in [1.29, 1.82) is 0 Å². The van der Waals surface area contributed by atoms with Gasteiger partial charge in [0.05, 0.1) is 17.6 Å². The predicted octanol–water partition coefficient (Wildman–Crippen LogP) is 2.62. The fraction of sp³-hybridized carbons (Fsp3) is 0.385. The standard InChI is InChI=1S/C13H17BrN4/c1-10-8-12(5-6-13(10)14)18-9-11(16-17-18)4-2-3-7-15/h5-6,8-9H,2-4,7,15H2,1H3. The van der Waals surface area contributed by atoms with Crippen LogP contribution in [0.15, 0.2) is 28.9 Å². The minimum atomic E-state index is 0.736. The summed E-state index contributed by atoms with van der Waals surface area (Å²) in [5, 5.41) is 8.33. The van der Waals surface area contributed by atoms with Crippen LogP contribution in [0.5, 0.6) is 0 Å². The topological polar surface area (TPSA) is 56.7 Å². The van der Waals surface area contributed by atoms with Crippen molar-refractivity contribution in [3.8, 4) is 5.69 Å². The van der Waals surface area contributed by atoms with Crippen LogP contribution in [0.3, 0.4) is 0 Å². The molecule has 96 valence electrons. The van der Waals surface area contributed by atoms with Crippen molar-refractivity contribution in [2.24, 2.45) is 5.73 Å². The molecule has 0 atom stereocenters. The number of nitrogens with two attached hydrogens (primary N) is 1. The lowest BCUT2D eigenvalue weighted by Crippen LogP contribution is -1.99. The molecule has 2 N–H and O–H groups in total. The molecule has 1 aromatic heterocycles. The molecule has 0 aliphatic heterocycles. The van der Waals surface area contributed by atoms with E-state index in [0.29, 0.717) is 0 Å². The van der Waals surface area contributed by atoms with Crippen molar-refractivity contribution in [2.45, 2.75) is 26.2 Å². The monoisotopic (exact) mass is 308 g/mol. The maximum Gasteiger partial charge on any atom is 0.0831 e. The van der Waals surface area contributed by atoms with Gasteiger partial charge in [-0.25, -0.2) is 4.68 Å². The highest BCUT2D eigenvalue weighted by Gasteiger charge is 2.04. The van der Waals surface area contributed by atoms with Crippen molar-refractivity contribution >= 4 is 15.9 Å². The van der Waals surface area contributed by atoms with E-state index in [-0.39, 0.29) is 0 Å². The molecule has 18 heavy (non-hydrogen) atoms. The zero-order valence-corrected chi connectivity index (χ0v) is 12.0. The normalized spacial score (nSPS) is 10.8. The van der Waals surface area contributed by atoms with Gasteiger partial charge in [-0.3, -0.25) is 0 Å². The molecule has 0 aliphatic carbocycles. The number of benzene rings is 1. The van der Waals surface area contributed by atoms with Crippen molar-refractivity contribution in [2.75, 3.05) is 6.54 Å². The lowest BCUT2D eigenvalue weighted by molar-refractivity contribution is 0.727. The van der Waals surface area contributed by atoms with Gasteiger partial charge in [0.2, 0.25) is 0 Å². The molecule has 0 fully saturated rings. The molecule has 2 rings (SSSR count). The van der Waals surface area contributed by atoms with Gasteiger partial charge in [0, 0.05) is 4.47 Å². The number of aryl methyl sites for hydroxylation is 2. The fourth-order valence-corrected chi connectivity index (χ4v) is 2.01. The number of halogens is 1. The summed E-state index contributed by atoms with van der Waals surface area (Å²) in [5.41, 5.74) is 8.71. The molecule has 0 bridgehead atoms. The van der Waals surface area contributed by atoms with Crippen LogP contribution in [0.1, 0.15) is 24.1 Å². The van der Waals surface area contributed by atoms with Crippen molar-refractivity contribution < 1.29 is 0 Å². The molecule has 0 amide bonds. The van der Waals surface area contributed by atoms with Gasteiger partial charge in [0.1, 0.15) is 0 Å². The Morgan fingerprint density at radius 1 is 1.33 bits per heavy atom. The van der Waals surface area contributed by atoms with Crippen molar-refractivity contribution in [3.63, 3.8) is 0 Å². The maximum absolute atomic E-state index is 5.47. The predicted molar refractivity (Wildman–Crippen MR) is 75.8 cm³/mol. The Morgan fingerprint density at radius 2 is 2.17 bits per heavy atom. The summed E-state index contributed by atoms with van der Waals surface area (Å²) in [5.74, 6) is 0. The Bertz CT molecular complexity index is 521. The van der Waals surface area contributed by atoms with E-state index >= 15 is 0 Å². The highest BCUT2D eigenvalue weighted by atomic mass is 79.9. The first-order valence-electron chi connectivity index (χ1n) is 6.08. The van der Waals surface area contributed by atoms with Gasteiger partial charge in [0.15, 0.2) is 0 Å². The van der Waals surface area contributed by atoms with E-state index in [1.807, 2.05) is 23.0 Å². The zero-order chi connectivity index (χ0) is 13.0. The highest BCUT2D eigenvalue weighted by molar-refractivity contribution is 9.10. The summed E-state index contributed by atoms with van der Waals surface area (Å²) in [6, 6.07) is 6.14. The van der Waals surface area contributed by atoms with Crippen LogP contribution in [0.4, 0.5) is 0 Å². The van der Waals surface area contributed by atoms with Crippen molar-refractivity contribution in [3.05, 3.63) is 40.1 Å². The molecule has 0 radical (unpaired) electrons. The van der Waals surface area contributed by atoms with Crippen LogP contribution in [0.25, 0.3) is 5.69 Å². The van der Waals surface area contributed by atoms with Gasteiger partial charge in [-0.05, 0) is 56.5 Å². The Morgan fingerprint density at radius 3 is 2.89 bits per heavy atom. The van der Waals surface area contributed by atoms with Crippen LogP contribution in [0, 0.1) is 6.92 Å². The second kappa shape index (κ2) is 6.11. The molecule has 0 saturated carbocycles. The minimum Gasteiger partial charge on any atom is -0.330 e. The summed E-state index contributed by atoms with van der Waals surface area (Å²) >= 11 is 3.49. The van der Waals surface area contributed by atoms with E-state index in [1.165, 1.54) is 5.56 Å². The van der Waals surface area contributed by atoms with E-state index < -0.39 is 0 Å².